The highest BCUT2D eigenvalue weighted by Gasteiger charge is 2.22. The van der Waals surface area contributed by atoms with Crippen LogP contribution in [-0.2, 0) is 9.59 Å². The van der Waals surface area contributed by atoms with Gasteiger partial charge in [-0.15, -0.1) is 0 Å². The highest BCUT2D eigenvalue weighted by molar-refractivity contribution is 5.76. The number of rotatable bonds is 6. The van der Waals surface area contributed by atoms with Gasteiger partial charge in [0.05, 0.1) is 0 Å². The van der Waals surface area contributed by atoms with Crippen LogP contribution >= 0.6 is 0 Å². The molecule has 150 valence electrons. The Kier molecular flexibility index (Phi) is 8.85. The second-order valence-corrected chi connectivity index (χ2v) is 7.69. The highest BCUT2D eigenvalue weighted by Crippen LogP contribution is 2.12. The summed E-state index contributed by atoms with van der Waals surface area (Å²) in [5.74, 6) is 0.575. The lowest BCUT2D eigenvalue weighted by Crippen LogP contribution is -2.40. The van der Waals surface area contributed by atoms with Gasteiger partial charge in [-0.25, -0.2) is 0 Å². The van der Waals surface area contributed by atoms with Gasteiger partial charge in [-0.1, -0.05) is 13.8 Å². The molecule has 2 aliphatic heterocycles. The van der Waals surface area contributed by atoms with E-state index in [1.807, 2.05) is 23.6 Å². The molecule has 2 amide bonds. The first-order valence-electron chi connectivity index (χ1n) is 10.6. The van der Waals surface area contributed by atoms with Crippen molar-refractivity contribution in [2.45, 2.75) is 58.9 Å². The van der Waals surface area contributed by atoms with Crippen molar-refractivity contribution in [2.75, 3.05) is 58.9 Å². The number of carbonyl (C=O) groups excluding carboxylic acids is 2. The maximum atomic E-state index is 11.9. The number of hydrogen-bond acceptors (Lipinski definition) is 4. The average molecular weight is 367 g/mol. The normalized spacial score (nSPS) is 22.0. The zero-order valence-corrected chi connectivity index (χ0v) is 17.1. The van der Waals surface area contributed by atoms with Crippen LogP contribution in [0.1, 0.15) is 52.9 Å². The van der Waals surface area contributed by atoms with Crippen LogP contribution in [0.3, 0.4) is 0 Å². The van der Waals surface area contributed by atoms with Crippen molar-refractivity contribution in [1.82, 2.24) is 19.6 Å². The second kappa shape index (κ2) is 10.9. The first-order chi connectivity index (χ1) is 12.5. The molecule has 2 heterocycles. The summed E-state index contributed by atoms with van der Waals surface area (Å²) in [4.78, 5) is 33.0. The van der Waals surface area contributed by atoms with Crippen LogP contribution in [0.4, 0.5) is 0 Å². The molecule has 0 spiro atoms. The van der Waals surface area contributed by atoms with Crippen molar-refractivity contribution in [2.24, 2.45) is 0 Å². The largest absolute Gasteiger partial charge is 0.341 e. The van der Waals surface area contributed by atoms with Gasteiger partial charge in [0, 0.05) is 64.7 Å². The summed E-state index contributed by atoms with van der Waals surface area (Å²) in [5.41, 5.74) is 0. The van der Waals surface area contributed by atoms with Crippen LogP contribution in [0.15, 0.2) is 0 Å². The average Bonchev–Trinajstić information content (AvgIpc) is 3.05. The zero-order valence-electron chi connectivity index (χ0n) is 17.1. The van der Waals surface area contributed by atoms with E-state index >= 15 is 0 Å². The number of amides is 2. The molecule has 0 bridgehead atoms. The Hall–Kier alpha value is -1.14. The molecule has 2 rings (SSSR count). The van der Waals surface area contributed by atoms with Crippen molar-refractivity contribution >= 4 is 11.8 Å². The highest BCUT2D eigenvalue weighted by atomic mass is 16.2. The van der Waals surface area contributed by atoms with Crippen LogP contribution in [0.2, 0.25) is 0 Å². The van der Waals surface area contributed by atoms with Gasteiger partial charge >= 0.3 is 0 Å². The molecule has 6 nitrogen and oxygen atoms in total. The van der Waals surface area contributed by atoms with Crippen LogP contribution in [0.25, 0.3) is 0 Å². The smallest absolute Gasteiger partial charge is 0.222 e. The lowest BCUT2D eigenvalue weighted by atomic mass is 10.2. The Bertz CT molecular complexity index is 457. The predicted molar refractivity (Wildman–Crippen MR) is 105 cm³/mol. The van der Waals surface area contributed by atoms with E-state index in [1.165, 1.54) is 0 Å². The van der Waals surface area contributed by atoms with Gasteiger partial charge in [0.15, 0.2) is 0 Å². The summed E-state index contributed by atoms with van der Waals surface area (Å²) in [5, 5.41) is 0. The molecule has 0 radical (unpaired) electrons. The Morgan fingerprint density at radius 2 is 1.35 bits per heavy atom. The fourth-order valence-electron chi connectivity index (χ4n) is 4.07. The fourth-order valence-corrected chi connectivity index (χ4v) is 4.07. The molecule has 26 heavy (non-hydrogen) atoms. The van der Waals surface area contributed by atoms with Gasteiger partial charge in [-0.3, -0.25) is 14.5 Å². The van der Waals surface area contributed by atoms with Crippen LogP contribution in [0.5, 0.6) is 0 Å². The van der Waals surface area contributed by atoms with Gasteiger partial charge in [0.25, 0.3) is 0 Å². The molecule has 0 N–H and O–H groups in total. The molecule has 1 atom stereocenters. The minimum atomic E-state index is 0.287. The number of nitrogens with zero attached hydrogens (tertiary/aromatic N) is 4. The summed E-state index contributed by atoms with van der Waals surface area (Å²) in [6.07, 6.45) is 4.54. The lowest BCUT2D eigenvalue weighted by molar-refractivity contribution is -0.131. The van der Waals surface area contributed by atoms with E-state index in [4.69, 9.17) is 0 Å². The SMILES string of the molecule is CCC(=O)N1CCCN(CCC(C)N2CCCN(C(=O)CC)CC2)CC1. The second-order valence-electron chi connectivity index (χ2n) is 7.69. The molecule has 0 aromatic heterocycles. The third-order valence-corrected chi connectivity index (χ3v) is 5.92. The van der Waals surface area contributed by atoms with Crippen LogP contribution < -0.4 is 0 Å². The Morgan fingerprint density at radius 1 is 0.769 bits per heavy atom. The molecule has 0 aromatic rings. The van der Waals surface area contributed by atoms with Crippen molar-refractivity contribution in [3.8, 4) is 0 Å². The van der Waals surface area contributed by atoms with E-state index in [0.29, 0.717) is 18.9 Å². The summed E-state index contributed by atoms with van der Waals surface area (Å²) in [6.45, 7) is 15.1. The zero-order chi connectivity index (χ0) is 18.9. The van der Waals surface area contributed by atoms with E-state index in [0.717, 1.165) is 78.2 Å². The lowest BCUT2D eigenvalue weighted by Gasteiger charge is -2.30. The Morgan fingerprint density at radius 3 is 1.96 bits per heavy atom. The molecule has 0 aromatic carbocycles. The molecule has 6 heteroatoms. The van der Waals surface area contributed by atoms with Crippen molar-refractivity contribution in [3.05, 3.63) is 0 Å². The predicted octanol–water partition coefficient (Wildman–Crippen LogP) is 1.65. The quantitative estimate of drug-likeness (QED) is 0.717. The fraction of sp³-hybridized carbons (Fsp3) is 0.900. The summed E-state index contributed by atoms with van der Waals surface area (Å²) >= 11 is 0. The van der Waals surface area contributed by atoms with Gasteiger partial charge < -0.3 is 14.7 Å². The summed E-state index contributed by atoms with van der Waals surface area (Å²) in [7, 11) is 0. The molecule has 0 saturated carbocycles. The van der Waals surface area contributed by atoms with Gasteiger partial charge in [0.2, 0.25) is 11.8 Å². The number of hydrogen-bond donors (Lipinski definition) is 0. The Balaban J connectivity index is 1.73. The maximum Gasteiger partial charge on any atom is 0.222 e. The first-order valence-corrected chi connectivity index (χ1v) is 10.6. The maximum absolute atomic E-state index is 11.9. The minimum absolute atomic E-state index is 0.287. The molecule has 2 fully saturated rings. The molecule has 2 aliphatic rings. The third-order valence-electron chi connectivity index (χ3n) is 5.92. The van der Waals surface area contributed by atoms with Crippen LogP contribution in [0, 0.1) is 0 Å². The van der Waals surface area contributed by atoms with Crippen molar-refractivity contribution in [3.63, 3.8) is 0 Å². The minimum Gasteiger partial charge on any atom is -0.341 e. The summed E-state index contributed by atoms with van der Waals surface area (Å²) in [6, 6.07) is 0.545. The number of carbonyl (C=O) groups is 2. The van der Waals surface area contributed by atoms with Crippen molar-refractivity contribution in [1.29, 1.82) is 0 Å². The van der Waals surface area contributed by atoms with E-state index < -0.39 is 0 Å². The standard InChI is InChI=1S/C20H38N4O2/c1-4-19(25)23-11-6-9-21(14-15-23)13-8-18(3)22-10-7-12-24(17-16-22)20(26)5-2/h18H,4-17H2,1-3H3. The van der Waals surface area contributed by atoms with E-state index in [9.17, 15) is 9.59 Å². The molecular weight excluding hydrogens is 328 g/mol. The third kappa shape index (κ3) is 6.23. The Labute approximate surface area is 159 Å². The van der Waals surface area contributed by atoms with E-state index in [2.05, 4.69) is 16.7 Å². The van der Waals surface area contributed by atoms with Crippen molar-refractivity contribution < 1.29 is 9.59 Å². The summed E-state index contributed by atoms with van der Waals surface area (Å²) < 4.78 is 0. The van der Waals surface area contributed by atoms with Gasteiger partial charge in [-0.2, -0.15) is 0 Å². The van der Waals surface area contributed by atoms with Gasteiger partial charge in [0.1, 0.15) is 0 Å². The molecular formula is C20H38N4O2. The molecule has 2 saturated heterocycles. The topological polar surface area (TPSA) is 47.1 Å². The molecule has 0 aliphatic carbocycles. The van der Waals surface area contributed by atoms with E-state index in [-0.39, 0.29) is 11.8 Å². The first kappa shape index (κ1) is 21.2. The van der Waals surface area contributed by atoms with Gasteiger partial charge in [-0.05, 0) is 39.3 Å². The van der Waals surface area contributed by atoms with E-state index in [1.54, 1.807) is 0 Å². The van der Waals surface area contributed by atoms with Crippen LogP contribution in [-0.4, -0.2) is 96.4 Å². The molecule has 1 unspecified atom stereocenters. The monoisotopic (exact) mass is 366 g/mol.